The number of ether oxygens (including phenoxy) is 1. The van der Waals surface area contributed by atoms with Crippen LogP contribution in [0.5, 0.6) is 5.75 Å². The van der Waals surface area contributed by atoms with E-state index in [-0.39, 0.29) is 11.7 Å². The van der Waals surface area contributed by atoms with Crippen LogP contribution in [0, 0.1) is 10.1 Å². The van der Waals surface area contributed by atoms with Gasteiger partial charge >= 0.3 is 5.88 Å². The fourth-order valence-corrected chi connectivity index (χ4v) is 3.68. The summed E-state index contributed by atoms with van der Waals surface area (Å²) in [4.78, 5) is 27.6. The Hall–Kier alpha value is -3.29. The van der Waals surface area contributed by atoms with E-state index in [0.717, 1.165) is 29.5 Å². The maximum atomic E-state index is 12.5. The van der Waals surface area contributed by atoms with Gasteiger partial charge in [-0.05, 0) is 48.6 Å². The van der Waals surface area contributed by atoms with Crippen LogP contribution in [0.15, 0.2) is 40.9 Å². The van der Waals surface area contributed by atoms with Gasteiger partial charge in [0.25, 0.3) is 5.91 Å². The van der Waals surface area contributed by atoms with Gasteiger partial charge in [-0.15, -0.1) is 0 Å². The van der Waals surface area contributed by atoms with E-state index in [1.165, 1.54) is 17.7 Å². The Labute approximate surface area is 154 Å². The zero-order chi connectivity index (χ0) is 19.0. The van der Waals surface area contributed by atoms with Crippen molar-refractivity contribution in [2.24, 2.45) is 0 Å². The standard InChI is InChI=1S/C19H19N3O5/c1-26-13-2-3-16-14(10-13)15(11-20-16)12-6-8-21(9-7-12)19(23)17-4-5-18(27-17)22(24)25/h2-5,10-12,20H,6-9H2,1H3. The molecular formula is C19H19N3O5. The first kappa shape index (κ1) is 17.1. The number of piperidine rings is 1. The number of rotatable bonds is 4. The van der Waals surface area contributed by atoms with Crippen LogP contribution in [0.3, 0.4) is 0 Å². The first-order valence-electron chi connectivity index (χ1n) is 8.75. The van der Waals surface area contributed by atoms with Crippen LogP contribution in [-0.2, 0) is 0 Å². The molecule has 0 radical (unpaired) electrons. The van der Waals surface area contributed by atoms with E-state index in [1.807, 2.05) is 24.4 Å². The second-order valence-electron chi connectivity index (χ2n) is 6.62. The van der Waals surface area contributed by atoms with Crippen molar-refractivity contribution < 1.29 is 18.9 Å². The van der Waals surface area contributed by atoms with Crippen molar-refractivity contribution in [2.75, 3.05) is 20.2 Å². The predicted octanol–water partition coefficient (Wildman–Crippen LogP) is 3.70. The first-order valence-corrected chi connectivity index (χ1v) is 8.75. The number of nitro groups is 1. The molecule has 3 aromatic rings. The number of aromatic nitrogens is 1. The molecule has 0 bridgehead atoms. The molecule has 4 rings (SSSR count). The van der Waals surface area contributed by atoms with Crippen LogP contribution < -0.4 is 4.74 Å². The monoisotopic (exact) mass is 369 g/mol. The molecule has 3 heterocycles. The molecule has 1 amide bonds. The molecule has 0 aliphatic carbocycles. The van der Waals surface area contributed by atoms with Gasteiger partial charge in [-0.3, -0.25) is 14.9 Å². The summed E-state index contributed by atoms with van der Waals surface area (Å²) in [5.41, 5.74) is 2.29. The normalized spacial score (nSPS) is 15.2. The number of H-pyrrole nitrogens is 1. The SMILES string of the molecule is COc1ccc2[nH]cc(C3CCN(C(=O)c4ccc([N+](=O)[O-])o4)CC3)c2c1. The number of carbonyl (C=O) groups excluding carboxylic acids is 1. The molecule has 2 aromatic heterocycles. The maximum Gasteiger partial charge on any atom is 0.433 e. The fraction of sp³-hybridized carbons (Fsp3) is 0.316. The number of amides is 1. The second kappa shape index (κ2) is 6.79. The highest BCUT2D eigenvalue weighted by Crippen LogP contribution is 2.35. The lowest BCUT2D eigenvalue weighted by Gasteiger charge is -2.31. The number of furan rings is 1. The molecule has 27 heavy (non-hydrogen) atoms. The van der Waals surface area contributed by atoms with Crippen molar-refractivity contribution in [3.63, 3.8) is 0 Å². The first-order chi connectivity index (χ1) is 13.1. The number of fused-ring (bicyclic) bond motifs is 1. The average Bonchev–Trinajstić information content (AvgIpc) is 3.34. The van der Waals surface area contributed by atoms with Crippen LogP contribution in [0.1, 0.15) is 34.9 Å². The van der Waals surface area contributed by atoms with Gasteiger partial charge in [0.1, 0.15) is 10.7 Å². The molecule has 0 unspecified atom stereocenters. The second-order valence-corrected chi connectivity index (χ2v) is 6.62. The third kappa shape index (κ3) is 3.14. The molecule has 0 saturated carbocycles. The molecule has 8 nitrogen and oxygen atoms in total. The number of hydrogen-bond acceptors (Lipinski definition) is 5. The lowest BCUT2D eigenvalue weighted by atomic mass is 9.89. The van der Waals surface area contributed by atoms with E-state index >= 15 is 0 Å². The van der Waals surface area contributed by atoms with Gasteiger partial charge in [-0.25, -0.2) is 0 Å². The summed E-state index contributed by atoms with van der Waals surface area (Å²) in [6.45, 7) is 1.16. The highest BCUT2D eigenvalue weighted by atomic mass is 16.6. The molecule has 1 aromatic carbocycles. The molecule has 0 atom stereocenters. The number of hydrogen-bond donors (Lipinski definition) is 1. The average molecular weight is 369 g/mol. The van der Waals surface area contributed by atoms with E-state index in [9.17, 15) is 14.9 Å². The summed E-state index contributed by atoms with van der Waals surface area (Å²) in [7, 11) is 1.65. The third-order valence-electron chi connectivity index (χ3n) is 5.13. The van der Waals surface area contributed by atoms with Crippen molar-refractivity contribution in [1.82, 2.24) is 9.88 Å². The van der Waals surface area contributed by atoms with Crippen LogP contribution in [0.2, 0.25) is 0 Å². The Morgan fingerprint density at radius 3 is 2.74 bits per heavy atom. The van der Waals surface area contributed by atoms with Crippen molar-refractivity contribution >= 4 is 22.7 Å². The van der Waals surface area contributed by atoms with Gasteiger partial charge in [-0.2, -0.15) is 0 Å². The topological polar surface area (TPSA) is 102 Å². The number of methoxy groups -OCH3 is 1. The largest absolute Gasteiger partial charge is 0.497 e. The number of carbonyl (C=O) groups is 1. The van der Waals surface area contributed by atoms with E-state index in [4.69, 9.17) is 9.15 Å². The number of likely N-dealkylation sites (tertiary alicyclic amines) is 1. The molecule has 8 heteroatoms. The molecule has 1 fully saturated rings. The van der Waals surface area contributed by atoms with Crippen LogP contribution in [0.25, 0.3) is 10.9 Å². The van der Waals surface area contributed by atoms with Crippen molar-refractivity contribution in [3.05, 3.63) is 58.0 Å². The lowest BCUT2D eigenvalue weighted by molar-refractivity contribution is -0.402. The minimum atomic E-state index is -0.645. The van der Waals surface area contributed by atoms with E-state index in [2.05, 4.69) is 4.98 Å². The van der Waals surface area contributed by atoms with E-state index < -0.39 is 10.8 Å². The van der Waals surface area contributed by atoms with Crippen LogP contribution in [0.4, 0.5) is 5.88 Å². The summed E-state index contributed by atoms with van der Waals surface area (Å²) >= 11 is 0. The summed E-state index contributed by atoms with van der Waals surface area (Å²) < 4.78 is 10.4. The molecular weight excluding hydrogens is 350 g/mol. The van der Waals surface area contributed by atoms with Gasteiger partial charge in [0.2, 0.25) is 0 Å². The van der Waals surface area contributed by atoms with Gasteiger partial charge in [-0.1, -0.05) is 0 Å². The Morgan fingerprint density at radius 2 is 2.07 bits per heavy atom. The molecule has 1 aliphatic heterocycles. The van der Waals surface area contributed by atoms with E-state index in [0.29, 0.717) is 19.0 Å². The molecule has 1 aliphatic rings. The Balaban J connectivity index is 1.47. The highest BCUT2D eigenvalue weighted by molar-refractivity contribution is 5.92. The Kier molecular flexibility index (Phi) is 4.31. The molecule has 0 spiro atoms. The van der Waals surface area contributed by atoms with Crippen LogP contribution >= 0.6 is 0 Å². The van der Waals surface area contributed by atoms with Gasteiger partial charge < -0.3 is 19.0 Å². The number of aromatic amines is 1. The maximum absolute atomic E-state index is 12.5. The van der Waals surface area contributed by atoms with Crippen molar-refractivity contribution in [2.45, 2.75) is 18.8 Å². The Morgan fingerprint density at radius 1 is 1.30 bits per heavy atom. The minimum Gasteiger partial charge on any atom is -0.497 e. The molecule has 1 saturated heterocycles. The van der Waals surface area contributed by atoms with Gasteiger partial charge in [0.15, 0.2) is 5.76 Å². The quantitative estimate of drug-likeness (QED) is 0.558. The van der Waals surface area contributed by atoms with Gasteiger partial charge in [0.05, 0.1) is 13.2 Å². The summed E-state index contributed by atoms with van der Waals surface area (Å²) in [5, 5.41) is 11.9. The fourth-order valence-electron chi connectivity index (χ4n) is 3.68. The zero-order valence-corrected chi connectivity index (χ0v) is 14.8. The Bertz CT molecular complexity index is 998. The lowest BCUT2D eigenvalue weighted by Crippen LogP contribution is -2.37. The van der Waals surface area contributed by atoms with Crippen molar-refractivity contribution in [3.8, 4) is 5.75 Å². The number of nitrogens with zero attached hydrogens (tertiary/aromatic N) is 2. The van der Waals surface area contributed by atoms with Crippen LogP contribution in [-0.4, -0.2) is 40.9 Å². The predicted molar refractivity (Wildman–Crippen MR) is 98.1 cm³/mol. The summed E-state index contributed by atoms with van der Waals surface area (Å²) in [5.74, 6) is 0.441. The summed E-state index contributed by atoms with van der Waals surface area (Å²) in [6.07, 6.45) is 3.67. The van der Waals surface area contributed by atoms with E-state index in [1.54, 1.807) is 12.0 Å². The smallest absolute Gasteiger partial charge is 0.433 e. The zero-order valence-electron chi connectivity index (χ0n) is 14.8. The molecule has 1 N–H and O–H groups in total. The number of benzene rings is 1. The highest BCUT2D eigenvalue weighted by Gasteiger charge is 2.28. The summed E-state index contributed by atoms with van der Waals surface area (Å²) in [6, 6.07) is 8.52. The molecule has 140 valence electrons. The minimum absolute atomic E-state index is 0.0111. The number of nitrogens with one attached hydrogen (secondary N) is 1. The van der Waals surface area contributed by atoms with Crippen molar-refractivity contribution in [1.29, 1.82) is 0 Å². The van der Waals surface area contributed by atoms with Gasteiger partial charge in [0, 0.05) is 30.2 Å². The third-order valence-corrected chi connectivity index (χ3v) is 5.13.